The normalized spacial score (nSPS) is 11.1. The fourth-order valence-electron chi connectivity index (χ4n) is 2.33. The van der Waals surface area contributed by atoms with Crippen molar-refractivity contribution in [1.82, 2.24) is 0 Å². The first-order valence-corrected chi connectivity index (χ1v) is 8.66. The molecule has 27 heavy (non-hydrogen) atoms. The van der Waals surface area contributed by atoms with Crippen LogP contribution in [0.4, 0.5) is 24.5 Å². The third-order valence-electron chi connectivity index (χ3n) is 3.77. The molecule has 0 bridgehead atoms. The van der Waals surface area contributed by atoms with Crippen molar-refractivity contribution >= 4 is 34.8 Å². The zero-order valence-electron chi connectivity index (χ0n) is 14.5. The van der Waals surface area contributed by atoms with E-state index in [2.05, 4.69) is 17.6 Å². The zero-order chi connectivity index (χ0) is 20.0. The number of benzene rings is 2. The van der Waals surface area contributed by atoms with Gasteiger partial charge in [0.15, 0.2) is 0 Å². The molecule has 2 N–H and O–H groups in total. The molecule has 0 radical (unpaired) electrons. The Labute approximate surface area is 159 Å². The van der Waals surface area contributed by atoms with Crippen LogP contribution < -0.4 is 10.6 Å². The number of nitrogens with one attached hydrogen (secondary N) is 2. The van der Waals surface area contributed by atoms with Crippen molar-refractivity contribution in [2.24, 2.45) is 0 Å². The van der Waals surface area contributed by atoms with Crippen molar-refractivity contribution in [1.29, 1.82) is 0 Å². The second-order valence-electron chi connectivity index (χ2n) is 5.90. The molecular formula is C19H18ClF3N2O2. The molecule has 0 atom stereocenters. The highest BCUT2D eigenvalue weighted by Crippen LogP contribution is 2.36. The summed E-state index contributed by atoms with van der Waals surface area (Å²) in [7, 11) is 0. The molecule has 8 heteroatoms. The van der Waals surface area contributed by atoms with E-state index in [0.29, 0.717) is 11.8 Å². The Morgan fingerprint density at radius 3 is 2.07 bits per heavy atom. The second-order valence-corrected chi connectivity index (χ2v) is 6.31. The van der Waals surface area contributed by atoms with Gasteiger partial charge in [0.1, 0.15) is 0 Å². The van der Waals surface area contributed by atoms with E-state index in [1.54, 1.807) is 12.1 Å². The fourth-order valence-corrected chi connectivity index (χ4v) is 2.56. The molecule has 0 saturated carbocycles. The SMILES string of the molecule is CCCCc1ccc(NC(=O)C(=O)Nc2ccc(Cl)c(C(F)(F)F)c2)cc1. The molecule has 0 aliphatic rings. The fraction of sp³-hybridized carbons (Fsp3) is 0.263. The van der Waals surface area contributed by atoms with Crippen LogP contribution in [0.2, 0.25) is 5.02 Å². The Bertz CT molecular complexity index is 821. The van der Waals surface area contributed by atoms with E-state index in [1.807, 2.05) is 12.1 Å². The topological polar surface area (TPSA) is 58.2 Å². The van der Waals surface area contributed by atoms with Crippen LogP contribution in [0.3, 0.4) is 0 Å². The lowest BCUT2D eigenvalue weighted by Crippen LogP contribution is -2.29. The molecule has 0 fully saturated rings. The zero-order valence-corrected chi connectivity index (χ0v) is 15.2. The number of carbonyl (C=O) groups is 2. The highest BCUT2D eigenvalue weighted by molar-refractivity contribution is 6.43. The molecule has 0 aliphatic heterocycles. The first-order chi connectivity index (χ1) is 12.7. The van der Waals surface area contributed by atoms with Crippen molar-refractivity contribution < 1.29 is 22.8 Å². The highest BCUT2D eigenvalue weighted by Gasteiger charge is 2.33. The average Bonchev–Trinajstić information content (AvgIpc) is 2.61. The van der Waals surface area contributed by atoms with E-state index < -0.39 is 28.6 Å². The summed E-state index contributed by atoms with van der Waals surface area (Å²) in [4.78, 5) is 23.9. The lowest BCUT2D eigenvalue weighted by Gasteiger charge is -2.12. The molecule has 4 nitrogen and oxygen atoms in total. The van der Waals surface area contributed by atoms with Crippen LogP contribution in [0.5, 0.6) is 0 Å². The van der Waals surface area contributed by atoms with Gasteiger partial charge in [0.2, 0.25) is 0 Å². The van der Waals surface area contributed by atoms with Gasteiger partial charge in [-0.25, -0.2) is 0 Å². The Balaban J connectivity index is 2.01. The molecular weight excluding hydrogens is 381 g/mol. The van der Waals surface area contributed by atoms with Crippen LogP contribution in [0.15, 0.2) is 42.5 Å². The van der Waals surface area contributed by atoms with Crippen molar-refractivity contribution in [3.8, 4) is 0 Å². The molecule has 144 valence electrons. The summed E-state index contributed by atoms with van der Waals surface area (Å²) in [6, 6.07) is 9.89. The van der Waals surface area contributed by atoms with Crippen LogP contribution in [0, 0.1) is 0 Å². The van der Waals surface area contributed by atoms with Crippen LogP contribution in [0.25, 0.3) is 0 Å². The van der Waals surface area contributed by atoms with Crippen LogP contribution in [-0.4, -0.2) is 11.8 Å². The molecule has 0 heterocycles. The monoisotopic (exact) mass is 398 g/mol. The maximum absolute atomic E-state index is 12.8. The standard InChI is InChI=1S/C19H18ClF3N2O2/c1-2-3-4-12-5-7-13(8-6-12)24-17(26)18(27)25-14-9-10-16(20)15(11-14)19(21,22)23/h5-11H,2-4H2,1H3,(H,24,26)(H,25,27). The Kier molecular flexibility index (Phi) is 6.85. The van der Waals surface area contributed by atoms with Crippen molar-refractivity contribution in [3.05, 3.63) is 58.6 Å². The number of anilines is 2. The summed E-state index contributed by atoms with van der Waals surface area (Å²) in [5.74, 6) is -2.07. The molecule has 0 aromatic heterocycles. The molecule has 0 spiro atoms. The van der Waals surface area contributed by atoms with Crippen LogP contribution in [-0.2, 0) is 22.2 Å². The van der Waals surface area contributed by atoms with Gasteiger partial charge < -0.3 is 10.6 Å². The second kappa shape index (κ2) is 8.90. The first-order valence-electron chi connectivity index (χ1n) is 8.28. The third-order valence-corrected chi connectivity index (χ3v) is 4.10. The van der Waals surface area contributed by atoms with Gasteiger partial charge in [-0.15, -0.1) is 0 Å². The number of aryl methyl sites for hydroxylation is 1. The summed E-state index contributed by atoms with van der Waals surface area (Å²) >= 11 is 5.52. The van der Waals surface area contributed by atoms with Gasteiger partial charge in [0.05, 0.1) is 10.6 Å². The summed E-state index contributed by atoms with van der Waals surface area (Å²) in [6.45, 7) is 2.09. The van der Waals surface area contributed by atoms with Gasteiger partial charge in [-0.3, -0.25) is 9.59 Å². The van der Waals surface area contributed by atoms with Crippen LogP contribution >= 0.6 is 11.6 Å². The minimum atomic E-state index is -4.67. The highest BCUT2D eigenvalue weighted by atomic mass is 35.5. The van der Waals surface area contributed by atoms with E-state index in [9.17, 15) is 22.8 Å². The van der Waals surface area contributed by atoms with Gasteiger partial charge in [-0.1, -0.05) is 37.1 Å². The molecule has 2 amide bonds. The molecule has 2 rings (SSSR count). The molecule has 0 unspecified atom stereocenters. The first kappa shape index (κ1) is 20.8. The van der Waals surface area contributed by atoms with Crippen molar-refractivity contribution in [2.45, 2.75) is 32.4 Å². The number of unbranched alkanes of at least 4 members (excludes halogenated alkanes) is 1. The largest absolute Gasteiger partial charge is 0.417 e. The number of hydrogen-bond acceptors (Lipinski definition) is 2. The van der Waals surface area contributed by atoms with Gasteiger partial charge in [-0.05, 0) is 48.7 Å². The number of alkyl halides is 3. The summed E-state index contributed by atoms with van der Waals surface area (Å²) < 4.78 is 38.5. The number of amides is 2. The van der Waals surface area contributed by atoms with Gasteiger partial charge in [0.25, 0.3) is 0 Å². The van der Waals surface area contributed by atoms with E-state index in [-0.39, 0.29) is 5.69 Å². The smallest absolute Gasteiger partial charge is 0.318 e. The van der Waals surface area contributed by atoms with E-state index in [1.165, 1.54) is 6.07 Å². The number of halogens is 4. The third kappa shape index (κ3) is 5.99. The predicted octanol–water partition coefficient (Wildman–Crippen LogP) is 5.28. The quantitative estimate of drug-likeness (QED) is 0.673. The van der Waals surface area contributed by atoms with E-state index >= 15 is 0 Å². The lowest BCUT2D eigenvalue weighted by molar-refractivity contribution is -0.137. The Morgan fingerprint density at radius 1 is 0.963 bits per heavy atom. The Morgan fingerprint density at radius 2 is 1.52 bits per heavy atom. The van der Waals surface area contributed by atoms with E-state index in [4.69, 9.17) is 11.6 Å². The van der Waals surface area contributed by atoms with Crippen molar-refractivity contribution in [2.75, 3.05) is 10.6 Å². The van der Waals surface area contributed by atoms with E-state index in [0.717, 1.165) is 30.9 Å². The number of rotatable bonds is 5. The Hall–Kier alpha value is -2.54. The van der Waals surface area contributed by atoms with Crippen molar-refractivity contribution in [3.63, 3.8) is 0 Å². The van der Waals surface area contributed by atoms with Crippen LogP contribution in [0.1, 0.15) is 30.9 Å². The molecule has 0 saturated heterocycles. The molecule has 2 aromatic rings. The summed E-state index contributed by atoms with van der Waals surface area (Å²) in [5, 5.41) is 4.04. The molecule has 0 aliphatic carbocycles. The maximum Gasteiger partial charge on any atom is 0.417 e. The molecule has 2 aromatic carbocycles. The maximum atomic E-state index is 12.8. The van der Waals surface area contributed by atoms with Gasteiger partial charge in [0, 0.05) is 11.4 Å². The van der Waals surface area contributed by atoms with Gasteiger partial charge in [-0.2, -0.15) is 13.2 Å². The minimum absolute atomic E-state index is 0.179. The number of hydrogen-bond donors (Lipinski definition) is 2. The number of carbonyl (C=O) groups excluding carboxylic acids is 2. The minimum Gasteiger partial charge on any atom is -0.318 e. The summed E-state index contributed by atoms with van der Waals surface area (Å²) in [6.07, 6.45) is -1.63. The average molecular weight is 399 g/mol. The summed E-state index contributed by atoms with van der Waals surface area (Å²) in [5.41, 5.74) is 0.259. The van der Waals surface area contributed by atoms with Gasteiger partial charge >= 0.3 is 18.0 Å². The lowest BCUT2D eigenvalue weighted by atomic mass is 10.1. The predicted molar refractivity (Wildman–Crippen MR) is 98.8 cm³/mol.